The fourth-order valence-corrected chi connectivity index (χ4v) is 3.94. The number of allylic oxidation sites excluding steroid dienone is 1. The minimum Gasteiger partial charge on any atom is -0.497 e. The van der Waals surface area contributed by atoms with E-state index in [2.05, 4.69) is 18.7 Å². The van der Waals surface area contributed by atoms with E-state index in [1.165, 1.54) is 35.4 Å². The topological polar surface area (TPSA) is 36.4 Å². The fourth-order valence-electron chi connectivity index (χ4n) is 3.67. The van der Waals surface area contributed by atoms with Crippen molar-refractivity contribution in [1.29, 1.82) is 0 Å². The molecule has 30 heavy (non-hydrogen) atoms. The summed E-state index contributed by atoms with van der Waals surface area (Å²) in [6.45, 7) is 5.99. The maximum absolute atomic E-state index is 13.4. The van der Waals surface area contributed by atoms with Gasteiger partial charge in [0, 0.05) is 30.5 Å². The Bertz CT molecular complexity index is 1070. The first-order valence-corrected chi connectivity index (χ1v) is 10.5. The van der Waals surface area contributed by atoms with Crippen molar-refractivity contribution in [3.05, 3.63) is 77.3 Å². The van der Waals surface area contributed by atoms with Crippen molar-refractivity contribution in [2.75, 3.05) is 7.11 Å². The molecule has 1 aromatic heterocycles. The fraction of sp³-hybridized carbons (Fsp3) is 0.304. The van der Waals surface area contributed by atoms with Crippen molar-refractivity contribution in [3.63, 3.8) is 0 Å². The van der Waals surface area contributed by atoms with E-state index in [9.17, 15) is 4.39 Å². The highest BCUT2D eigenvalue weighted by Gasteiger charge is 2.34. The predicted octanol–water partition coefficient (Wildman–Crippen LogP) is 3.62. The number of halogens is 1. The smallest absolute Gasteiger partial charge is 0.203 e. The van der Waals surface area contributed by atoms with Crippen LogP contribution in [0.4, 0.5) is 4.39 Å². The lowest BCUT2D eigenvalue weighted by Gasteiger charge is -2.19. The number of rotatable bonds is 9. The van der Waals surface area contributed by atoms with Crippen LogP contribution in [0.25, 0.3) is 11.4 Å². The maximum atomic E-state index is 13.4. The van der Waals surface area contributed by atoms with E-state index in [-0.39, 0.29) is 5.82 Å². The molecule has 5 nitrogen and oxygen atoms in total. The number of nitrogens with zero attached hydrogens (tertiary/aromatic N) is 3. The van der Waals surface area contributed by atoms with Crippen molar-refractivity contribution in [3.8, 4) is 17.1 Å². The van der Waals surface area contributed by atoms with Gasteiger partial charge in [-0.05, 0) is 60.7 Å². The Morgan fingerprint density at radius 3 is 2.50 bits per heavy atom. The first-order chi connectivity index (χ1) is 14.6. The average Bonchev–Trinajstić information content (AvgIpc) is 3.56. The normalized spacial score (nSPS) is 14.5. The van der Waals surface area contributed by atoms with Crippen LogP contribution in [0.1, 0.15) is 18.4 Å². The SMILES string of the molecule is C=CCn1c(-c2ccc(F)cc2)nn(C[NH+](Cc2ccc(OC)cc2)C2CC2)c1=S. The van der Waals surface area contributed by atoms with Gasteiger partial charge in [0.2, 0.25) is 4.77 Å². The second-order valence-corrected chi connectivity index (χ2v) is 7.99. The summed E-state index contributed by atoms with van der Waals surface area (Å²) < 4.78 is 23.1. The van der Waals surface area contributed by atoms with Crippen molar-refractivity contribution in [2.45, 2.75) is 38.6 Å². The van der Waals surface area contributed by atoms with Crippen LogP contribution in [-0.4, -0.2) is 27.5 Å². The van der Waals surface area contributed by atoms with Gasteiger partial charge in [0.1, 0.15) is 18.1 Å². The minimum absolute atomic E-state index is 0.268. The highest BCUT2D eigenvalue weighted by Crippen LogP contribution is 2.20. The maximum Gasteiger partial charge on any atom is 0.203 e. The zero-order valence-electron chi connectivity index (χ0n) is 17.1. The summed E-state index contributed by atoms with van der Waals surface area (Å²) in [6.07, 6.45) is 4.24. The molecule has 0 radical (unpaired) electrons. The number of aromatic nitrogens is 3. The van der Waals surface area contributed by atoms with Gasteiger partial charge in [-0.15, -0.1) is 11.7 Å². The zero-order chi connectivity index (χ0) is 21.1. The zero-order valence-corrected chi connectivity index (χ0v) is 17.9. The van der Waals surface area contributed by atoms with Crippen molar-refractivity contribution < 1.29 is 14.0 Å². The molecule has 1 aliphatic rings. The minimum atomic E-state index is -0.268. The molecule has 1 saturated carbocycles. The summed E-state index contributed by atoms with van der Waals surface area (Å²) in [5.74, 6) is 1.33. The number of nitrogens with one attached hydrogen (secondary N) is 1. The molecule has 0 aliphatic heterocycles. The van der Waals surface area contributed by atoms with E-state index in [0.717, 1.165) is 23.7 Å². The van der Waals surface area contributed by atoms with Gasteiger partial charge in [0.05, 0.1) is 13.2 Å². The van der Waals surface area contributed by atoms with Crippen molar-refractivity contribution >= 4 is 12.2 Å². The van der Waals surface area contributed by atoms with Crippen LogP contribution in [0, 0.1) is 10.6 Å². The molecule has 7 heteroatoms. The summed E-state index contributed by atoms with van der Waals surface area (Å²) in [7, 11) is 1.68. The number of quaternary nitrogens is 1. The van der Waals surface area contributed by atoms with Crippen molar-refractivity contribution in [1.82, 2.24) is 14.3 Å². The van der Waals surface area contributed by atoms with E-state index in [4.69, 9.17) is 22.1 Å². The molecule has 0 spiro atoms. The molecule has 1 unspecified atom stereocenters. The molecule has 1 aliphatic carbocycles. The lowest BCUT2D eigenvalue weighted by molar-refractivity contribution is -0.947. The van der Waals surface area contributed by atoms with Crippen LogP contribution in [0.15, 0.2) is 61.2 Å². The largest absolute Gasteiger partial charge is 0.497 e. The van der Waals surface area contributed by atoms with Crippen molar-refractivity contribution in [2.24, 2.45) is 0 Å². The van der Waals surface area contributed by atoms with E-state index in [0.29, 0.717) is 24.0 Å². The molecule has 1 atom stereocenters. The summed E-state index contributed by atoms with van der Waals surface area (Å²) >= 11 is 5.74. The Balaban J connectivity index is 1.61. The second-order valence-electron chi connectivity index (χ2n) is 7.63. The summed E-state index contributed by atoms with van der Waals surface area (Å²) in [5, 5.41) is 4.81. The second kappa shape index (κ2) is 8.93. The highest BCUT2D eigenvalue weighted by atomic mass is 32.1. The van der Waals surface area contributed by atoms with E-state index >= 15 is 0 Å². The number of ether oxygens (including phenoxy) is 1. The van der Waals surface area contributed by atoms with Crippen LogP contribution in [0.2, 0.25) is 0 Å². The molecule has 1 N–H and O–H groups in total. The number of methoxy groups -OCH3 is 1. The van der Waals surface area contributed by atoms with E-state index in [1.807, 2.05) is 21.4 Å². The molecular weight excluding hydrogens is 399 g/mol. The molecule has 1 heterocycles. The summed E-state index contributed by atoms with van der Waals surface area (Å²) in [4.78, 5) is 1.44. The van der Waals surface area contributed by atoms with Gasteiger partial charge >= 0.3 is 0 Å². The van der Waals surface area contributed by atoms with Gasteiger partial charge in [-0.3, -0.25) is 4.57 Å². The van der Waals surface area contributed by atoms with Gasteiger partial charge in [0.25, 0.3) is 0 Å². The Morgan fingerprint density at radius 1 is 1.20 bits per heavy atom. The number of benzene rings is 2. The Morgan fingerprint density at radius 2 is 1.90 bits per heavy atom. The van der Waals surface area contributed by atoms with Gasteiger partial charge in [-0.25, -0.2) is 4.39 Å². The van der Waals surface area contributed by atoms with Crippen LogP contribution in [0.5, 0.6) is 5.75 Å². The Hall–Kier alpha value is -2.77. The van der Waals surface area contributed by atoms with E-state index < -0.39 is 0 Å². The molecule has 156 valence electrons. The quantitative estimate of drug-likeness (QED) is 0.420. The van der Waals surface area contributed by atoms with Crippen LogP contribution in [0.3, 0.4) is 0 Å². The Kier molecular flexibility index (Phi) is 6.11. The van der Waals surface area contributed by atoms with Crippen LogP contribution in [-0.2, 0) is 19.8 Å². The monoisotopic (exact) mass is 425 g/mol. The van der Waals surface area contributed by atoms with Gasteiger partial charge < -0.3 is 9.64 Å². The lowest BCUT2D eigenvalue weighted by Crippen LogP contribution is -3.11. The molecular formula is C23H26FN4OS+. The average molecular weight is 426 g/mol. The highest BCUT2D eigenvalue weighted by molar-refractivity contribution is 7.71. The van der Waals surface area contributed by atoms with Crippen LogP contribution >= 0.6 is 12.2 Å². The molecule has 3 aromatic rings. The molecule has 0 bridgehead atoms. The standard InChI is InChI=1S/C23H25FN4OS/c1-3-14-27-22(18-6-8-19(24)9-7-18)25-28(23(27)30)16-26(20-10-11-20)15-17-4-12-21(29-2)13-5-17/h3-9,12-13,20H,1,10-11,14-16H2,2H3/p+1. The molecule has 0 amide bonds. The number of hydrogen-bond donors (Lipinski definition) is 1. The predicted molar refractivity (Wildman–Crippen MR) is 117 cm³/mol. The third-order valence-electron chi connectivity index (χ3n) is 5.43. The van der Waals surface area contributed by atoms with Crippen LogP contribution < -0.4 is 9.64 Å². The first kappa shape index (κ1) is 20.5. The number of hydrogen-bond acceptors (Lipinski definition) is 3. The molecule has 0 saturated heterocycles. The first-order valence-electron chi connectivity index (χ1n) is 10.1. The third kappa shape index (κ3) is 4.52. The Labute approximate surface area is 181 Å². The molecule has 2 aromatic carbocycles. The third-order valence-corrected chi connectivity index (χ3v) is 5.87. The van der Waals surface area contributed by atoms with Gasteiger partial charge in [0.15, 0.2) is 12.5 Å². The molecule has 1 fully saturated rings. The summed E-state index contributed by atoms with van der Waals surface area (Å²) in [6, 6.07) is 15.2. The summed E-state index contributed by atoms with van der Waals surface area (Å²) in [5.41, 5.74) is 2.10. The molecule has 4 rings (SSSR count). The van der Waals surface area contributed by atoms with Gasteiger partial charge in [-0.2, -0.15) is 4.68 Å². The van der Waals surface area contributed by atoms with E-state index in [1.54, 1.807) is 25.3 Å². The van der Waals surface area contributed by atoms with Gasteiger partial charge in [-0.1, -0.05) is 6.08 Å². The lowest BCUT2D eigenvalue weighted by atomic mass is 10.2.